The predicted octanol–water partition coefficient (Wildman–Crippen LogP) is -1.75. The highest BCUT2D eigenvalue weighted by molar-refractivity contribution is 6.29. The first-order chi connectivity index (χ1) is 10.1. The van der Waals surface area contributed by atoms with Crippen LogP contribution in [-0.2, 0) is 11.3 Å². The second-order valence-corrected chi connectivity index (χ2v) is 4.03. The minimum atomic E-state index is -1.80. The van der Waals surface area contributed by atoms with E-state index in [1.807, 2.05) is 0 Å². The topological polar surface area (TPSA) is 111 Å². The Morgan fingerprint density at radius 1 is 1.52 bits per heavy atom. The second-order valence-electron chi connectivity index (χ2n) is 4.03. The minimum absolute atomic E-state index is 0.00117. The van der Waals surface area contributed by atoms with Crippen molar-refractivity contribution in [3.05, 3.63) is 36.8 Å². The van der Waals surface area contributed by atoms with Crippen LogP contribution in [0.5, 0.6) is 5.88 Å². The first kappa shape index (κ1) is 14.9. The smallest absolute Gasteiger partial charge is 0.465 e. The minimum Gasteiger partial charge on any atom is -0.465 e. The number of carbonyl (C=O) groups is 1. The zero-order chi connectivity index (χ0) is 15.2. The molecule has 2 N–H and O–H groups in total. The summed E-state index contributed by atoms with van der Waals surface area (Å²) in [4.78, 5) is 19.4. The number of carbonyl (C=O) groups excluding carboxylic acids is 1. The van der Waals surface area contributed by atoms with Gasteiger partial charge in [0, 0.05) is 12.4 Å². The lowest BCUT2D eigenvalue weighted by atomic mass is 10.1. The average Bonchev–Trinajstić information content (AvgIpc) is 2.99. The molecule has 0 aliphatic carbocycles. The van der Waals surface area contributed by atoms with E-state index in [0.717, 1.165) is 10.8 Å². The number of nitrogens with zero attached hydrogens (tertiary/aromatic N) is 4. The summed E-state index contributed by atoms with van der Waals surface area (Å²) < 4.78 is 12.8. The van der Waals surface area contributed by atoms with Crippen LogP contribution in [0.15, 0.2) is 31.2 Å². The van der Waals surface area contributed by atoms with Crippen molar-refractivity contribution in [2.24, 2.45) is 0 Å². The van der Waals surface area contributed by atoms with Gasteiger partial charge in [-0.3, -0.25) is 0 Å². The Balaban J connectivity index is 2.11. The molecule has 0 radical (unpaired) electrons. The lowest BCUT2D eigenvalue weighted by molar-refractivity contribution is -0.566. The number of hydrogen-bond donors (Lipinski definition) is 2. The monoisotopic (exact) mass is 293 g/mol. The van der Waals surface area contributed by atoms with Crippen LogP contribution < -0.4 is 9.21 Å². The SMILES string of the molecule is COC(=O)c1c[n+](B(O)O)cnc1OCCn1ccnc1. The second kappa shape index (κ2) is 6.82. The molecule has 0 fully saturated rings. The molecule has 10 heteroatoms. The van der Waals surface area contributed by atoms with Crippen LogP contribution in [0.25, 0.3) is 0 Å². The molecule has 2 heterocycles. The molecule has 2 aromatic heterocycles. The number of rotatable bonds is 6. The lowest BCUT2D eigenvalue weighted by Crippen LogP contribution is -2.52. The Labute approximate surface area is 120 Å². The van der Waals surface area contributed by atoms with Gasteiger partial charge in [0.2, 0.25) is 0 Å². The first-order valence-electron chi connectivity index (χ1n) is 6.05. The third-order valence-corrected chi connectivity index (χ3v) is 2.64. The fraction of sp³-hybridized carbons (Fsp3) is 0.273. The molecule has 9 nitrogen and oxygen atoms in total. The number of hydrogen-bond acceptors (Lipinski definition) is 7. The Morgan fingerprint density at radius 2 is 2.33 bits per heavy atom. The van der Waals surface area contributed by atoms with E-state index in [9.17, 15) is 4.79 Å². The molecule has 2 aromatic rings. The van der Waals surface area contributed by atoms with E-state index < -0.39 is 13.2 Å². The Bertz CT molecular complexity index is 605. The van der Waals surface area contributed by atoms with Crippen LogP contribution >= 0.6 is 0 Å². The van der Waals surface area contributed by atoms with Gasteiger partial charge in [-0.1, -0.05) is 0 Å². The van der Waals surface area contributed by atoms with Crippen molar-refractivity contribution < 1.29 is 28.8 Å². The highest BCUT2D eigenvalue weighted by atomic mass is 16.5. The quantitative estimate of drug-likeness (QED) is 0.480. The van der Waals surface area contributed by atoms with Crippen molar-refractivity contribution in [2.45, 2.75) is 6.54 Å². The maximum absolute atomic E-state index is 11.7. The Hall–Kier alpha value is -2.46. The van der Waals surface area contributed by atoms with Gasteiger partial charge in [-0.2, -0.15) is 0 Å². The van der Waals surface area contributed by atoms with E-state index >= 15 is 0 Å². The highest BCUT2D eigenvalue weighted by Gasteiger charge is 2.27. The molecule has 21 heavy (non-hydrogen) atoms. The summed E-state index contributed by atoms with van der Waals surface area (Å²) in [6.07, 6.45) is 7.39. The summed E-state index contributed by atoms with van der Waals surface area (Å²) in [5, 5.41) is 18.1. The number of esters is 1. The third kappa shape index (κ3) is 3.77. The molecule has 0 atom stereocenters. The number of methoxy groups -OCH3 is 1. The molecule has 110 valence electrons. The van der Waals surface area contributed by atoms with Gasteiger partial charge >= 0.3 is 19.1 Å². The molecule has 0 bridgehead atoms. The summed E-state index contributed by atoms with van der Waals surface area (Å²) in [5.41, 5.74) is -0.00117. The molecular formula is C11H14BN4O5+. The fourth-order valence-corrected chi connectivity index (χ4v) is 1.58. The molecule has 2 rings (SSSR count). The van der Waals surface area contributed by atoms with Crippen LogP contribution in [-0.4, -0.2) is 51.5 Å². The van der Waals surface area contributed by atoms with Crippen molar-refractivity contribution in [2.75, 3.05) is 13.7 Å². The zero-order valence-electron chi connectivity index (χ0n) is 11.3. The van der Waals surface area contributed by atoms with Gasteiger partial charge < -0.3 is 24.1 Å². The third-order valence-electron chi connectivity index (χ3n) is 2.64. The number of imidazole rings is 1. The highest BCUT2D eigenvalue weighted by Crippen LogP contribution is 2.13. The van der Waals surface area contributed by atoms with Crippen molar-refractivity contribution in [1.29, 1.82) is 0 Å². The van der Waals surface area contributed by atoms with E-state index in [1.54, 1.807) is 23.3 Å². The molecular weight excluding hydrogens is 279 g/mol. The van der Waals surface area contributed by atoms with Gasteiger partial charge in [0.05, 0.1) is 26.2 Å². The van der Waals surface area contributed by atoms with Crippen molar-refractivity contribution in [3.63, 3.8) is 0 Å². The van der Waals surface area contributed by atoms with E-state index in [4.69, 9.17) is 14.8 Å². The van der Waals surface area contributed by atoms with E-state index in [-0.39, 0.29) is 18.1 Å². The van der Waals surface area contributed by atoms with Crippen LogP contribution in [0, 0.1) is 0 Å². The summed E-state index contributed by atoms with van der Waals surface area (Å²) in [5.74, 6) is -0.631. The van der Waals surface area contributed by atoms with E-state index in [1.165, 1.54) is 13.3 Å². The normalized spacial score (nSPS) is 10.2. The molecule has 0 aromatic carbocycles. The van der Waals surface area contributed by atoms with Gasteiger partial charge in [0.15, 0.2) is 5.56 Å². The summed E-state index contributed by atoms with van der Waals surface area (Å²) >= 11 is 0. The molecule has 0 unspecified atom stereocenters. The molecule has 0 spiro atoms. The summed E-state index contributed by atoms with van der Waals surface area (Å²) in [6, 6.07) is 0. The largest absolute Gasteiger partial charge is 0.720 e. The van der Waals surface area contributed by atoms with Crippen molar-refractivity contribution in [1.82, 2.24) is 14.5 Å². The fourth-order valence-electron chi connectivity index (χ4n) is 1.58. The van der Waals surface area contributed by atoms with Crippen LogP contribution in [0.2, 0.25) is 0 Å². The number of aromatic nitrogens is 4. The maximum Gasteiger partial charge on any atom is 0.720 e. The van der Waals surface area contributed by atoms with Gasteiger partial charge in [-0.25, -0.2) is 14.3 Å². The van der Waals surface area contributed by atoms with Crippen molar-refractivity contribution >= 4 is 13.2 Å². The molecule has 0 amide bonds. The van der Waals surface area contributed by atoms with Crippen LogP contribution in [0.4, 0.5) is 0 Å². The lowest BCUT2D eigenvalue weighted by Gasteiger charge is -2.06. The van der Waals surface area contributed by atoms with E-state index in [2.05, 4.69) is 14.7 Å². The Morgan fingerprint density at radius 3 is 2.95 bits per heavy atom. The van der Waals surface area contributed by atoms with E-state index in [0.29, 0.717) is 6.54 Å². The summed E-state index contributed by atoms with van der Waals surface area (Å²) in [6.45, 7) is 0.791. The summed E-state index contributed by atoms with van der Waals surface area (Å²) in [7, 11) is -0.592. The molecule has 0 saturated heterocycles. The standard InChI is InChI=1S/C11H14BN4O5/c1-20-11(17)9-6-16(12(18)19)8-14-10(9)21-5-4-15-3-2-13-7-15/h2-3,6-8,18-19H,4-5H2,1H3/q+1. The average molecular weight is 293 g/mol. The number of ether oxygens (including phenoxy) is 2. The van der Waals surface area contributed by atoms with Crippen molar-refractivity contribution in [3.8, 4) is 5.88 Å². The molecule has 0 saturated carbocycles. The van der Waals surface area contributed by atoms with Gasteiger partial charge in [-0.05, 0) is 4.98 Å². The first-order valence-corrected chi connectivity index (χ1v) is 6.05. The van der Waals surface area contributed by atoms with Gasteiger partial charge in [0.1, 0.15) is 6.61 Å². The van der Waals surface area contributed by atoms with Gasteiger partial charge in [-0.15, -0.1) is 0 Å². The Kier molecular flexibility index (Phi) is 4.85. The van der Waals surface area contributed by atoms with Crippen LogP contribution in [0.3, 0.4) is 0 Å². The van der Waals surface area contributed by atoms with Crippen LogP contribution in [0.1, 0.15) is 10.4 Å². The zero-order valence-corrected chi connectivity index (χ0v) is 11.3. The maximum atomic E-state index is 11.7. The molecule has 0 aliphatic rings. The molecule has 0 aliphatic heterocycles. The van der Waals surface area contributed by atoms with Gasteiger partial charge in [0.25, 0.3) is 6.33 Å². The predicted molar refractivity (Wildman–Crippen MR) is 69.1 cm³/mol.